The number of nitrogens with zero attached hydrogens (tertiary/aromatic N) is 2. The molecule has 7 heteroatoms. The van der Waals surface area contributed by atoms with Crippen LogP contribution in [0, 0.1) is 0 Å². The molecular weight excluding hydrogens is 214 g/mol. The molecule has 0 saturated heterocycles. The number of carbonyl (C=O) groups excluding carboxylic acids is 2. The van der Waals surface area contributed by atoms with Gasteiger partial charge in [0.1, 0.15) is 12.9 Å². The molecule has 0 aromatic heterocycles. The fourth-order valence-electron chi connectivity index (χ4n) is 0.782. The molecule has 0 rings (SSSR count). The maximum atomic E-state index is 11.3. The monoisotopic (exact) mass is 234 g/mol. The van der Waals surface area contributed by atoms with Crippen LogP contribution in [-0.4, -0.2) is 50.0 Å². The first kappa shape index (κ1) is 9.44. The largest absolute Gasteiger partial charge is 0.450 e. The first-order valence-electron chi connectivity index (χ1n) is 6.04. The molecule has 0 aromatic carbocycles. The first-order valence-corrected chi connectivity index (χ1v) is 4.54. The first-order chi connectivity index (χ1) is 8.72. The standard InChI is InChI=1S/C9H17N3O4/c1-5-16-9(14)10-8(11-15-4)12(3)6-7(2)13/h5-6H2,1-4H3,(H,10,11,14)/i3D3. The summed E-state index contributed by atoms with van der Waals surface area (Å²) in [5, 5.41) is 5.49. The number of nitrogens with one attached hydrogen (secondary N) is 1. The number of alkyl carbamates (subject to hydrolysis) is 1. The van der Waals surface area contributed by atoms with Gasteiger partial charge in [0.15, 0.2) is 0 Å². The van der Waals surface area contributed by atoms with Gasteiger partial charge in [-0.15, -0.1) is 0 Å². The Morgan fingerprint density at radius 3 is 2.69 bits per heavy atom. The summed E-state index contributed by atoms with van der Waals surface area (Å²) in [4.78, 5) is 27.5. The van der Waals surface area contributed by atoms with Crippen molar-refractivity contribution in [2.45, 2.75) is 13.8 Å². The lowest BCUT2D eigenvalue weighted by Crippen LogP contribution is -2.44. The van der Waals surface area contributed by atoms with E-state index >= 15 is 0 Å². The number of ether oxygens (including phenoxy) is 1. The summed E-state index contributed by atoms with van der Waals surface area (Å²) in [5.74, 6) is -0.832. The van der Waals surface area contributed by atoms with Crippen LogP contribution in [0.2, 0.25) is 0 Å². The van der Waals surface area contributed by atoms with Gasteiger partial charge in [-0.1, -0.05) is 0 Å². The Kier molecular flexibility index (Phi) is 4.42. The minimum absolute atomic E-state index is 0.104. The molecule has 0 aliphatic carbocycles. The number of rotatable bonds is 4. The number of oxime groups is 1. The van der Waals surface area contributed by atoms with E-state index in [2.05, 4.69) is 20.0 Å². The lowest BCUT2D eigenvalue weighted by molar-refractivity contribution is -0.117. The Morgan fingerprint density at radius 2 is 2.25 bits per heavy atom. The van der Waals surface area contributed by atoms with Crippen LogP contribution in [0.5, 0.6) is 0 Å². The highest BCUT2D eigenvalue weighted by Gasteiger charge is 2.13. The molecule has 0 fully saturated rings. The average Bonchev–Trinajstić information content (AvgIpc) is 2.24. The summed E-state index contributed by atoms with van der Waals surface area (Å²) in [7, 11) is 1.18. The second kappa shape index (κ2) is 7.49. The summed E-state index contributed by atoms with van der Waals surface area (Å²) < 4.78 is 26.6. The van der Waals surface area contributed by atoms with Crippen molar-refractivity contribution in [3.8, 4) is 0 Å². The summed E-state index contributed by atoms with van der Waals surface area (Å²) in [6.07, 6.45) is -0.892. The fraction of sp³-hybridized carbons (Fsp3) is 0.667. The van der Waals surface area contributed by atoms with E-state index in [-0.39, 0.29) is 6.61 Å². The number of likely N-dealkylation sites (N-methyl/N-ethyl adjacent to an activating group) is 1. The Bertz CT molecular complexity index is 357. The molecular formula is C9H17N3O4. The van der Waals surface area contributed by atoms with Gasteiger partial charge < -0.3 is 14.5 Å². The van der Waals surface area contributed by atoms with E-state index in [9.17, 15) is 9.59 Å². The normalized spacial score (nSPS) is 14.2. The number of carbonyl (C=O) groups is 2. The second-order valence-electron chi connectivity index (χ2n) is 2.73. The minimum Gasteiger partial charge on any atom is -0.450 e. The molecule has 92 valence electrons. The maximum absolute atomic E-state index is 11.3. The maximum Gasteiger partial charge on any atom is 0.414 e. The van der Waals surface area contributed by atoms with Crippen molar-refractivity contribution in [1.29, 1.82) is 0 Å². The van der Waals surface area contributed by atoms with E-state index in [1.165, 1.54) is 14.0 Å². The third-order valence-electron chi connectivity index (χ3n) is 1.30. The molecule has 0 aliphatic heterocycles. The highest BCUT2D eigenvalue weighted by molar-refractivity contribution is 5.95. The molecule has 0 atom stereocenters. The highest BCUT2D eigenvalue weighted by Crippen LogP contribution is 1.89. The number of hydrogen-bond acceptors (Lipinski definition) is 5. The summed E-state index contributed by atoms with van der Waals surface area (Å²) in [6, 6.07) is 0. The molecule has 0 saturated carbocycles. The molecule has 0 radical (unpaired) electrons. The van der Waals surface area contributed by atoms with E-state index < -0.39 is 31.4 Å². The second-order valence-corrected chi connectivity index (χ2v) is 2.73. The van der Waals surface area contributed by atoms with Crippen LogP contribution in [0.4, 0.5) is 4.79 Å². The average molecular weight is 234 g/mol. The van der Waals surface area contributed by atoms with Crippen molar-refractivity contribution in [1.82, 2.24) is 10.2 Å². The predicted molar refractivity (Wildman–Crippen MR) is 57.9 cm³/mol. The van der Waals surface area contributed by atoms with Gasteiger partial charge in [0, 0.05) is 11.1 Å². The van der Waals surface area contributed by atoms with E-state index in [0.717, 1.165) is 0 Å². The quantitative estimate of drug-likeness (QED) is 0.426. The molecule has 0 aliphatic rings. The van der Waals surface area contributed by atoms with Crippen molar-refractivity contribution in [3.05, 3.63) is 0 Å². The Hall–Kier alpha value is -1.79. The Labute approximate surface area is 98.6 Å². The third kappa shape index (κ3) is 5.84. The SMILES string of the molecule is [2H]C([2H])([2H])N(CC(C)=O)/C(=N/OC)NC(=O)OCC. The van der Waals surface area contributed by atoms with Crippen LogP contribution < -0.4 is 5.32 Å². The van der Waals surface area contributed by atoms with Crippen LogP contribution in [0.1, 0.15) is 18.0 Å². The van der Waals surface area contributed by atoms with Crippen molar-refractivity contribution >= 4 is 17.8 Å². The van der Waals surface area contributed by atoms with E-state index in [1.54, 1.807) is 6.92 Å². The number of ketones is 1. The molecule has 16 heavy (non-hydrogen) atoms. The number of amides is 1. The molecule has 0 heterocycles. The lowest BCUT2D eigenvalue weighted by Gasteiger charge is -2.18. The Balaban J connectivity index is 5.12. The van der Waals surface area contributed by atoms with Crippen molar-refractivity contribution in [2.75, 3.05) is 27.2 Å². The van der Waals surface area contributed by atoms with Gasteiger partial charge in [-0.05, 0) is 19.0 Å². The zero-order valence-corrected chi connectivity index (χ0v) is 9.44. The van der Waals surface area contributed by atoms with Gasteiger partial charge in [0.05, 0.1) is 13.2 Å². The van der Waals surface area contributed by atoms with Crippen LogP contribution in [0.3, 0.4) is 0 Å². The lowest BCUT2D eigenvalue weighted by atomic mass is 10.4. The molecule has 0 unspecified atom stereocenters. The van der Waals surface area contributed by atoms with Gasteiger partial charge in [0.2, 0.25) is 5.96 Å². The highest BCUT2D eigenvalue weighted by atomic mass is 16.6. The number of hydrogen-bond donors (Lipinski definition) is 1. The zero-order valence-electron chi connectivity index (χ0n) is 12.4. The van der Waals surface area contributed by atoms with Crippen molar-refractivity contribution < 1.29 is 23.3 Å². The topological polar surface area (TPSA) is 80.2 Å². The molecule has 0 aromatic rings. The fourth-order valence-corrected chi connectivity index (χ4v) is 0.782. The number of Topliss-reactive ketones (excluding diaryl/α,β-unsaturated/α-hetero) is 1. The third-order valence-corrected chi connectivity index (χ3v) is 1.30. The smallest absolute Gasteiger partial charge is 0.414 e. The van der Waals surface area contributed by atoms with Crippen LogP contribution in [-0.2, 0) is 14.4 Å². The van der Waals surface area contributed by atoms with Gasteiger partial charge >= 0.3 is 6.09 Å². The van der Waals surface area contributed by atoms with Gasteiger partial charge in [-0.3, -0.25) is 10.1 Å². The minimum atomic E-state index is -2.66. The molecule has 0 bridgehead atoms. The summed E-state index contributed by atoms with van der Waals surface area (Å²) in [5.41, 5.74) is 0. The van der Waals surface area contributed by atoms with Gasteiger partial charge in [-0.2, -0.15) is 0 Å². The summed E-state index contributed by atoms with van der Waals surface area (Å²) in [6.45, 7) is -0.211. The molecule has 1 amide bonds. The van der Waals surface area contributed by atoms with E-state index in [1.807, 2.05) is 0 Å². The van der Waals surface area contributed by atoms with Crippen LogP contribution >= 0.6 is 0 Å². The van der Waals surface area contributed by atoms with Gasteiger partial charge in [-0.25, -0.2) is 4.79 Å². The zero-order chi connectivity index (χ0) is 15.1. The predicted octanol–water partition coefficient (Wildman–Crippen LogP) is 0.171. The van der Waals surface area contributed by atoms with Crippen LogP contribution in [0.25, 0.3) is 0 Å². The molecule has 0 spiro atoms. The number of guanidine groups is 1. The Morgan fingerprint density at radius 1 is 1.56 bits per heavy atom. The van der Waals surface area contributed by atoms with Gasteiger partial charge in [0.25, 0.3) is 0 Å². The van der Waals surface area contributed by atoms with Crippen molar-refractivity contribution in [3.63, 3.8) is 0 Å². The van der Waals surface area contributed by atoms with E-state index in [4.69, 9.17) is 4.11 Å². The van der Waals surface area contributed by atoms with Crippen molar-refractivity contribution in [2.24, 2.45) is 5.16 Å². The molecule has 1 N–H and O–H groups in total. The van der Waals surface area contributed by atoms with Crippen LogP contribution in [0.15, 0.2) is 5.16 Å². The molecule has 7 nitrogen and oxygen atoms in total. The summed E-state index contributed by atoms with van der Waals surface area (Å²) >= 11 is 0. The van der Waals surface area contributed by atoms with E-state index in [0.29, 0.717) is 4.90 Å².